The Morgan fingerprint density at radius 3 is 2.79 bits per heavy atom. The van der Waals surface area contributed by atoms with E-state index in [1.165, 1.54) is 11.3 Å². The lowest BCUT2D eigenvalue weighted by atomic mass is 10.1. The molecule has 6 heteroatoms. The second kappa shape index (κ2) is 9.35. The lowest BCUT2D eigenvalue weighted by molar-refractivity contribution is 0.237. The van der Waals surface area contributed by atoms with Crippen molar-refractivity contribution in [3.8, 4) is 11.5 Å². The van der Waals surface area contributed by atoms with Crippen molar-refractivity contribution in [1.29, 1.82) is 0 Å². The van der Waals surface area contributed by atoms with Gasteiger partial charge < -0.3 is 25.0 Å². The fourth-order valence-corrected chi connectivity index (χ4v) is 3.61. The monoisotopic (exact) mass is 383 g/mol. The van der Waals surface area contributed by atoms with Gasteiger partial charge in [0.1, 0.15) is 11.5 Å². The topological polar surface area (TPSA) is 62.8 Å². The Balaban J connectivity index is 1.45. The summed E-state index contributed by atoms with van der Waals surface area (Å²) in [6.07, 6.45) is 2.00. The molecule has 2 aromatic carbocycles. The molecule has 3 rings (SSSR count). The number of anilines is 1. The summed E-state index contributed by atoms with van der Waals surface area (Å²) in [6, 6.07) is 13.7. The number of hydrogen-bond donors (Lipinski definition) is 2. The SMILES string of the molecule is COc1ccc(OC)c(C(C)NC(=O)NCCCN2CCc3ccccc32)c1. The third kappa shape index (κ3) is 4.68. The zero-order valence-electron chi connectivity index (χ0n) is 16.8. The Hall–Kier alpha value is -2.89. The average molecular weight is 383 g/mol. The highest BCUT2D eigenvalue weighted by Gasteiger charge is 2.18. The van der Waals surface area contributed by atoms with E-state index >= 15 is 0 Å². The summed E-state index contributed by atoms with van der Waals surface area (Å²) in [5.41, 5.74) is 3.62. The lowest BCUT2D eigenvalue weighted by Crippen LogP contribution is -2.38. The van der Waals surface area contributed by atoms with E-state index in [-0.39, 0.29) is 12.1 Å². The van der Waals surface area contributed by atoms with Gasteiger partial charge in [-0.3, -0.25) is 0 Å². The van der Waals surface area contributed by atoms with Crippen molar-refractivity contribution in [2.45, 2.75) is 25.8 Å². The maximum absolute atomic E-state index is 12.3. The van der Waals surface area contributed by atoms with E-state index in [1.807, 2.05) is 25.1 Å². The van der Waals surface area contributed by atoms with E-state index in [0.717, 1.165) is 43.0 Å². The van der Waals surface area contributed by atoms with Crippen LogP contribution in [0.2, 0.25) is 0 Å². The highest BCUT2D eigenvalue weighted by molar-refractivity contribution is 5.74. The Kier molecular flexibility index (Phi) is 6.63. The number of rotatable bonds is 8. The fraction of sp³-hybridized carbons (Fsp3) is 0.409. The smallest absolute Gasteiger partial charge is 0.315 e. The van der Waals surface area contributed by atoms with Crippen LogP contribution in [0.3, 0.4) is 0 Å². The van der Waals surface area contributed by atoms with Gasteiger partial charge in [-0.05, 0) is 49.6 Å². The van der Waals surface area contributed by atoms with Gasteiger partial charge in [0.05, 0.1) is 20.3 Å². The molecular weight excluding hydrogens is 354 g/mol. The second-order valence-electron chi connectivity index (χ2n) is 6.95. The number of nitrogens with one attached hydrogen (secondary N) is 2. The number of para-hydroxylation sites is 1. The number of nitrogens with zero attached hydrogens (tertiary/aromatic N) is 1. The quantitative estimate of drug-likeness (QED) is 0.685. The van der Waals surface area contributed by atoms with Gasteiger partial charge in [0.15, 0.2) is 0 Å². The van der Waals surface area contributed by atoms with E-state index in [4.69, 9.17) is 9.47 Å². The maximum Gasteiger partial charge on any atom is 0.315 e. The molecule has 150 valence electrons. The zero-order chi connectivity index (χ0) is 19.9. The van der Waals surface area contributed by atoms with Gasteiger partial charge in [0, 0.05) is 30.9 Å². The summed E-state index contributed by atoms with van der Waals surface area (Å²) in [6.45, 7) is 4.55. The molecule has 0 aliphatic carbocycles. The minimum Gasteiger partial charge on any atom is -0.497 e. The molecular formula is C22H29N3O3. The van der Waals surface area contributed by atoms with Gasteiger partial charge in [-0.25, -0.2) is 4.79 Å². The molecule has 28 heavy (non-hydrogen) atoms. The highest BCUT2D eigenvalue weighted by Crippen LogP contribution is 2.29. The Morgan fingerprint density at radius 2 is 2.00 bits per heavy atom. The summed E-state index contributed by atoms with van der Waals surface area (Å²) < 4.78 is 10.7. The van der Waals surface area contributed by atoms with E-state index in [0.29, 0.717) is 6.54 Å². The molecule has 0 saturated heterocycles. The number of methoxy groups -OCH3 is 2. The van der Waals surface area contributed by atoms with Crippen LogP contribution in [0.1, 0.15) is 30.5 Å². The predicted molar refractivity (Wildman–Crippen MR) is 111 cm³/mol. The molecule has 0 saturated carbocycles. The first kappa shape index (κ1) is 19.9. The largest absolute Gasteiger partial charge is 0.497 e. The molecule has 0 aromatic heterocycles. The molecule has 6 nitrogen and oxygen atoms in total. The number of hydrogen-bond acceptors (Lipinski definition) is 4. The third-order valence-electron chi connectivity index (χ3n) is 5.12. The van der Waals surface area contributed by atoms with Crippen molar-refractivity contribution in [3.63, 3.8) is 0 Å². The number of amides is 2. The first-order chi connectivity index (χ1) is 13.6. The van der Waals surface area contributed by atoms with Gasteiger partial charge in [0.25, 0.3) is 0 Å². The molecule has 1 atom stereocenters. The number of fused-ring (bicyclic) bond motifs is 1. The molecule has 1 unspecified atom stereocenters. The zero-order valence-corrected chi connectivity index (χ0v) is 16.8. The highest BCUT2D eigenvalue weighted by atomic mass is 16.5. The summed E-state index contributed by atoms with van der Waals surface area (Å²) in [4.78, 5) is 14.7. The van der Waals surface area contributed by atoms with Crippen LogP contribution in [0.15, 0.2) is 42.5 Å². The normalized spacial score (nSPS) is 13.6. The van der Waals surface area contributed by atoms with Crippen molar-refractivity contribution >= 4 is 11.7 Å². The van der Waals surface area contributed by atoms with Gasteiger partial charge in [-0.2, -0.15) is 0 Å². The number of urea groups is 1. The summed E-state index contributed by atoms with van der Waals surface area (Å²) in [5, 5.41) is 5.92. The van der Waals surface area contributed by atoms with Crippen LogP contribution in [-0.4, -0.2) is 39.9 Å². The van der Waals surface area contributed by atoms with Crippen molar-refractivity contribution < 1.29 is 14.3 Å². The molecule has 1 aliphatic rings. The van der Waals surface area contributed by atoms with Crippen molar-refractivity contribution in [2.24, 2.45) is 0 Å². The molecule has 0 radical (unpaired) electrons. The molecule has 1 aliphatic heterocycles. The van der Waals surface area contributed by atoms with Crippen molar-refractivity contribution in [2.75, 3.05) is 38.8 Å². The number of carbonyl (C=O) groups is 1. The van der Waals surface area contributed by atoms with Crippen LogP contribution in [0.4, 0.5) is 10.5 Å². The minimum absolute atomic E-state index is 0.181. The Labute approximate surface area is 166 Å². The number of benzene rings is 2. The minimum atomic E-state index is -0.199. The number of ether oxygens (including phenoxy) is 2. The average Bonchev–Trinajstić information content (AvgIpc) is 3.13. The first-order valence-corrected chi connectivity index (χ1v) is 9.71. The van der Waals surface area contributed by atoms with E-state index < -0.39 is 0 Å². The molecule has 1 heterocycles. The van der Waals surface area contributed by atoms with E-state index in [1.54, 1.807) is 14.2 Å². The van der Waals surface area contributed by atoms with Crippen LogP contribution in [0.5, 0.6) is 11.5 Å². The van der Waals surface area contributed by atoms with Crippen LogP contribution < -0.4 is 25.0 Å². The van der Waals surface area contributed by atoms with Crippen LogP contribution >= 0.6 is 0 Å². The molecule has 2 aromatic rings. The lowest BCUT2D eigenvalue weighted by Gasteiger charge is -2.20. The molecule has 0 bridgehead atoms. The molecule has 2 amide bonds. The first-order valence-electron chi connectivity index (χ1n) is 9.71. The molecule has 0 fully saturated rings. The predicted octanol–water partition coefficient (Wildman–Crippen LogP) is 3.52. The summed E-state index contributed by atoms with van der Waals surface area (Å²) in [5.74, 6) is 1.46. The van der Waals surface area contributed by atoms with Gasteiger partial charge in [-0.15, -0.1) is 0 Å². The van der Waals surface area contributed by atoms with Crippen LogP contribution in [0, 0.1) is 0 Å². The van der Waals surface area contributed by atoms with Crippen molar-refractivity contribution in [3.05, 3.63) is 53.6 Å². The third-order valence-corrected chi connectivity index (χ3v) is 5.12. The summed E-state index contributed by atoms with van der Waals surface area (Å²) >= 11 is 0. The van der Waals surface area contributed by atoms with E-state index in [9.17, 15) is 4.79 Å². The second-order valence-corrected chi connectivity index (χ2v) is 6.95. The fourth-order valence-electron chi connectivity index (χ4n) is 3.61. The standard InChI is InChI=1S/C22H29N3O3/c1-16(19-15-18(27-2)9-10-21(19)28-3)24-22(26)23-12-6-13-25-14-11-17-7-4-5-8-20(17)25/h4-5,7-10,15-16H,6,11-14H2,1-3H3,(H2,23,24,26). The van der Waals surface area contributed by atoms with Gasteiger partial charge in [-0.1, -0.05) is 18.2 Å². The van der Waals surface area contributed by atoms with Crippen molar-refractivity contribution in [1.82, 2.24) is 10.6 Å². The van der Waals surface area contributed by atoms with E-state index in [2.05, 4.69) is 39.8 Å². The number of carbonyl (C=O) groups excluding carboxylic acids is 1. The maximum atomic E-state index is 12.3. The van der Waals surface area contributed by atoms with Gasteiger partial charge >= 0.3 is 6.03 Å². The molecule has 2 N–H and O–H groups in total. The Bertz CT molecular complexity index is 809. The summed E-state index contributed by atoms with van der Waals surface area (Å²) in [7, 11) is 3.24. The van der Waals surface area contributed by atoms with Crippen LogP contribution in [-0.2, 0) is 6.42 Å². The Morgan fingerprint density at radius 1 is 1.18 bits per heavy atom. The molecule has 0 spiro atoms. The van der Waals surface area contributed by atoms with Crippen LogP contribution in [0.25, 0.3) is 0 Å². The van der Waals surface area contributed by atoms with Gasteiger partial charge in [0.2, 0.25) is 0 Å².